The number of aliphatic imine (C=N–C) groups is 1. The summed E-state index contributed by atoms with van der Waals surface area (Å²) < 4.78 is 12.6. The van der Waals surface area contributed by atoms with Gasteiger partial charge < -0.3 is 24.7 Å². The number of guanidine groups is 1. The largest absolute Gasteiger partial charge is 0.497 e. The van der Waals surface area contributed by atoms with E-state index in [1.807, 2.05) is 36.4 Å². The minimum atomic E-state index is 0.557. The molecule has 3 aromatic rings. The first-order chi connectivity index (χ1) is 15.7. The molecule has 0 amide bonds. The number of rotatable bonds is 11. The molecule has 8 nitrogen and oxygen atoms in total. The normalized spacial score (nSPS) is 11.3. The maximum atomic E-state index is 5.32. The Kier molecular flexibility index (Phi) is 8.92. The Balaban J connectivity index is 1.59. The third-order valence-corrected chi connectivity index (χ3v) is 5.08. The predicted octanol–water partition coefficient (Wildman–Crippen LogP) is 2.84. The van der Waals surface area contributed by atoms with Crippen LogP contribution in [0, 0.1) is 0 Å². The van der Waals surface area contributed by atoms with Crippen molar-refractivity contribution in [3.63, 3.8) is 0 Å². The zero-order chi connectivity index (χ0) is 22.6. The number of aryl methyl sites for hydroxylation is 1. The van der Waals surface area contributed by atoms with E-state index in [2.05, 4.69) is 44.5 Å². The van der Waals surface area contributed by atoms with Gasteiger partial charge in [0.2, 0.25) is 0 Å². The minimum absolute atomic E-state index is 0.557. The number of hydrogen-bond donors (Lipinski definition) is 2. The lowest BCUT2D eigenvalue weighted by Crippen LogP contribution is -2.40. The van der Waals surface area contributed by atoms with E-state index in [4.69, 9.17) is 14.5 Å². The summed E-state index contributed by atoms with van der Waals surface area (Å²) in [5.41, 5.74) is 2.33. The summed E-state index contributed by atoms with van der Waals surface area (Å²) in [4.78, 5) is 4.77. The van der Waals surface area contributed by atoms with Gasteiger partial charge in [0.1, 0.15) is 23.7 Å². The quantitative estimate of drug-likeness (QED) is 0.355. The van der Waals surface area contributed by atoms with E-state index in [0.29, 0.717) is 6.54 Å². The van der Waals surface area contributed by atoms with Crippen LogP contribution in [0.3, 0.4) is 0 Å². The molecular formula is C24H32N6O2. The van der Waals surface area contributed by atoms with E-state index in [-0.39, 0.29) is 0 Å². The summed E-state index contributed by atoms with van der Waals surface area (Å²) in [5.74, 6) is 3.45. The maximum Gasteiger partial charge on any atom is 0.191 e. The van der Waals surface area contributed by atoms with Crippen LogP contribution in [0.5, 0.6) is 11.5 Å². The molecule has 2 N–H and O–H groups in total. The summed E-state index contributed by atoms with van der Waals surface area (Å²) in [5, 5.41) is 15.0. The van der Waals surface area contributed by atoms with E-state index in [9.17, 15) is 0 Å². The number of benzene rings is 2. The molecule has 2 aromatic carbocycles. The monoisotopic (exact) mass is 436 g/mol. The number of nitrogens with zero attached hydrogens (tertiary/aromatic N) is 4. The molecule has 1 aromatic heterocycles. The molecule has 0 radical (unpaired) electrons. The van der Waals surface area contributed by atoms with Crippen molar-refractivity contribution >= 4 is 5.96 Å². The Morgan fingerprint density at radius 3 is 2.50 bits per heavy atom. The smallest absolute Gasteiger partial charge is 0.191 e. The van der Waals surface area contributed by atoms with Crippen molar-refractivity contribution in [3.05, 3.63) is 71.8 Å². The third-order valence-electron chi connectivity index (χ3n) is 5.08. The Morgan fingerprint density at radius 2 is 1.75 bits per heavy atom. The summed E-state index contributed by atoms with van der Waals surface area (Å²) >= 11 is 0. The van der Waals surface area contributed by atoms with Gasteiger partial charge in [0.05, 0.1) is 20.8 Å². The highest BCUT2D eigenvalue weighted by Gasteiger charge is 2.04. The molecule has 0 spiro atoms. The van der Waals surface area contributed by atoms with Crippen LogP contribution >= 0.6 is 0 Å². The standard InChI is InChI=1S/C24H32N6O2/c1-4-23-29-28-18-30(23)15-14-26-24(27-17-20-6-5-7-22(16-20)32-3)25-13-12-19-8-10-21(31-2)11-9-19/h5-11,16,18H,4,12-15,17H2,1-3H3,(H2,25,26,27). The van der Waals surface area contributed by atoms with Crippen LogP contribution in [-0.2, 0) is 25.9 Å². The molecule has 8 heteroatoms. The first-order valence-electron chi connectivity index (χ1n) is 10.9. The number of hydrogen-bond acceptors (Lipinski definition) is 5. The van der Waals surface area contributed by atoms with Gasteiger partial charge in [-0.3, -0.25) is 0 Å². The first kappa shape index (κ1) is 23.1. The zero-order valence-electron chi connectivity index (χ0n) is 19.0. The van der Waals surface area contributed by atoms with Gasteiger partial charge in [0, 0.05) is 26.1 Å². The second-order valence-electron chi connectivity index (χ2n) is 7.26. The van der Waals surface area contributed by atoms with Crippen LogP contribution in [0.15, 0.2) is 59.9 Å². The van der Waals surface area contributed by atoms with Crippen LogP contribution in [0.1, 0.15) is 23.9 Å². The van der Waals surface area contributed by atoms with Gasteiger partial charge in [-0.2, -0.15) is 0 Å². The van der Waals surface area contributed by atoms with Gasteiger partial charge in [0.15, 0.2) is 5.96 Å². The van der Waals surface area contributed by atoms with Gasteiger partial charge in [0.25, 0.3) is 0 Å². The van der Waals surface area contributed by atoms with E-state index in [1.165, 1.54) is 5.56 Å². The summed E-state index contributed by atoms with van der Waals surface area (Å²) in [6, 6.07) is 16.1. The molecule has 0 atom stereocenters. The molecule has 170 valence electrons. The second-order valence-corrected chi connectivity index (χ2v) is 7.26. The van der Waals surface area contributed by atoms with Crippen LogP contribution in [0.2, 0.25) is 0 Å². The molecule has 3 rings (SSSR count). The molecular weight excluding hydrogens is 404 g/mol. The molecule has 0 saturated heterocycles. The number of ether oxygens (including phenoxy) is 2. The highest BCUT2D eigenvalue weighted by atomic mass is 16.5. The van der Waals surface area contributed by atoms with Crippen LogP contribution in [0.4, 0.5) is 0 Å². The molecule has 0 aliphatic rings. The summed E-state index contributed by atoms with van der Waals surface area (Å²) in [7, 11) is 3.35. The van der Waals surface area contributed by atoms with E-state index < -0.39 is 0 Å². The lowest BCUT2D eigenvalue weighted by molar-refractivity contribution is 0.414. The zero-order valence-corrected chi connectivity index (χ0v) is 19.0. The Labute approximate surface area is 189 Å². The molecule has 32 heavy (non-hydrogen) atoms. The highest BCUT2D eigenvalue weighted by Crippen LogP contribution is 2.13. The fourth-order valence-electron chi connectivity index (χ4n) is 3.27. The molecule has 0 bridgehead atoms. The number of nitrogens with one attached hydrogen (secondary N) is 2. The van der Waals surface area contributed by atoms with Crippen molar-refractivity contribution in [3.8, 4) is 11.5 Å². The Morgan fingerprint density at radius 1 is 0.969 bits per heavy atom. The van der Waals surface area contributed by atoms with Crippen molar-refractivity contribution in [1.29, 1.82) is 0 Å². The van der Waals surface area contributed by atoms with Gasteiger partial charge in [-0.1, -0.05) is 31.2 Å². The van der Waals surface area contributed by atoms with Crippen molar-refractivity contribution in [2.45, 2.75) is 32.9 Å². The Bertz CT molecular complexity index is 984. The summed E-state index contributed by atoms with van der Waals surface area (Å²) in [6.07, 6.45) is 3.51. The SMILES string of the molecule is CCc1nncn1CCNC(=NCc1cccc(OC)c1)NCCc1ccc(OC)cc1. The van der Waals surface area contributed by atoms with Gasteiger partial charge in [-0.25, -0.2) is 4.99 Å². The average molecular weight is 437 g/mol. The second kappa shape index (κ2) is 12.3. The van der Waals surface area contributed by atoms with Crippen molar-refractivity contribution in [1.82, 2.24) is 25.4 Å². The van der Waals surface area contributed by atoms with Crippen LogP contribution in [0.25, 0.3) is 0 Å². The van der Waals surface area contributed by atoms with E-state index in [1.54, 1.807) is 20.5 Å². The molecule has 0 saturated carbocycles. The third kappa shape index (κ3) is 7.01. The van der Waals surface area contributed by atoms with Crippen molar-refractivity contribution in [2.75, 3.05) is 27.3 Å². The molecule has 0 aliphatic carbocycles. The minimum Gasteiger partial charge on any atom is -0.497 e. The van der Waals surface area contributed by atoms with E-state index in [0.717, 1.165) is 61.3 Å². The lowest BCUT2D eigenvalue weighted by atomic mass is 10.1. The fourth-order valence-corrected chi connectivity index (χ4v) is 3.27. The molecule has 0 aliphatic heterocycles. The highest BCUT2D eigenvalue weighted by molar-refractivity contribution is 5.79. The van der Waals surface area contributed by atoms with Crippen molar-refractivity contribution < 1.29 is 9.47 Å². The van der Waals surface area contributed by atoms with Crippen molar-refractivity contribution in [2.24, 2.45) is 4.99 Å². The van der Waals surface area contributed by atoms with Gasteiger partial charge in [-0.15, -0.1) is 10.2 Å². The van der Waals surface area contributed by atoms with Crippen LogP contribution < -0.4 is 20.1 Å². The van der Waals surface area contributed by atoms with Gasteiger partial charge in [-0.05, 0) is 41.8 Å². The Hall–Kier alpha value is -3.55. The van der Waals surface area contributed by atoms with Gasteiger partial charge >= 0.3 is 0 Å². The fraction of sp³-hybridized carbons (Fsp3) is 0.375. The summed E-state index contributed by atoms with van der Waals surface area (Å²) in [6.45, 7) is 4.90. The topological polar surface area (TPSA) is 85.6 Å². The molecule has 1 heterocycles. The first-order valence-corrected chi connectivity index (χ1v) is 10.9. The number of methoxy groups -OCH3 is 2. The molecule has 0 fully saturated rings. The van der Waals surface area contributed by atoms with Crippen LogP contribution in [-0.4, -0.2) is 48.0 Å². The average Bonchev–Trinajstić information content (AvgIpc) is 3.30. The predicted molar refractivity (Wildman–Crippen MR) is 126 cm³/mol. The number of aromatic nitrogens is 3. The molecule has 0 unspecified atom stereocenters. The lowest BCUT2D eigenvalue weighted by Gasteiger charge is -2.14. The van der Waals surface area contributed by atoms with E-state index >= 15 is 0 Å². The maximum absolute atomic E-state index is 5.32.